The van der Waals surface area contributed by atoms with Gasteiger partial charge in [-0.2, -0.15) is 0 Å². The third-order valence-corrected chi connectivity index (χ3v) is 4.97. The molecule has 0 aliphatic carbocycles. The lowest BCUT2D eigenvalue weighted by atomic mass is 10.3. The van der Waals surface area contributed by atoms with Crippen molar-refractivity contribution >= 4 is 41.9 Å². The van der Waals surface area contributed by atoms with E-state index in [0.717, 1.165) is 27.7 Å². The first-order chi connectivity index (χ1) is 20.1. The number of aliphatic hydroxyl groups excluding tert-OH is 1. The maximum atomic E-state index is 13.3. The monoisotopic (exact) mass is 623 g/mol. The molecule has 18 nitrogen and oxygen atoms in total. The van der Waals surface area contributed by atoms with Crippen LogP contribution in [0.5, 0.6) is 0 Å². The summed E-state index contributed by atoms with van der Waals surface area (Å²) in [7, 11) is 0. The average Bonchev–Trinajstić information content (AvgIpc) is 2.92. The number of hydroxylamine groups is 2. The minimum absolute atomic E-state index is 0.0183. The largest absolute Gasteiger partial charge is 0.463 e. The summed E-state index contributed by atoms with van der Waals surface area (Å²) in [6, 6.07) is -2.60. The lowest BCUT2D eigenvalue weighted by Crippen LogP contribution is -2.55. The highest BCUT2D eigenvalue weighted by Gasteiger charge is 2.33. The quantitative estimate of drug-likeness (QED) is 0.0593. The molecule has 0 spiro atoms. The molecule has 246 valence electrons. The summed E-state index contributed by atoms with van der Waals surface area (Å²) in [5.74, 6) is -3.68. The van der Waals surface area contributed by atoms with Crippen molar-refractivity contribution in [2.45, 2.75) is 79.0 Å². The number of hydrogen-bond acceptors (Lipinski definition) is 15. The highest BCUT2D eigenvalue weighted by molar-refractivity contribution is 5.93. The average molecular weight is 624 g/mol. The van der Waals surface area contributed by atoms with E-state index in [9.17, 15) is 43.9 Å². The Labute approximate surface area is 248 Å². The van der Waals surface area contributed by atoms with Crippen molar-refractivity contribution in [2.75, 3.05) is 39.5 Å². The summed E-state index contributed by atoms with van der Waals surface area (Å²) < 4.78 is 30.0. The summed E-state index contributed by atoms with van der Waals surface area (Å²) in [6.07, 6.45) is -5.01. The topological polar surface area (TPSA) is 234 Å². The van der Waals surface area contributed by atoms with Crippen LogP contribution >= 0.6 is 0 Å². The maximum absolute atomic E-state index is 13.3. The summed E-state index contributed by atoms with van der Waals surface area (Å²) in [5, 5.41) is 22.8. The fourth-order valence-corrected chi connectivity index (χ4v) is 3.05. The van der Waals surface area contributed by atoms with E-state index < -0.39 is 106 Å². The van der Waals surface area contributed by atoms with Crippen molar-refractivity contribution in [2.24, 2.45) is 0 Å². The van der Waals surface area contributed by atoms with Crippen LogP contribution in [0.2, 0.25) is 0 Å². The van der Waals surface area contributed by atoms with Crippen LogP contribution in [0.3, 0.4) is 0 Å². The minimum atomic E-state index is -1.40. The predicted molar refractivity (Wildman–Crippen MR) is 141 cm³/mol. The molecule has 0 aliphatic rings. The molecule has 4 unspecified atom stereocenters. The lowest BCUT2D eigenvalue weighted by molar-refractivity contribution is -0.182. The zero-order chi connectivity index (χ0) is 33.1. The minimum Gasteiger partial charge on any atom is -0.463 e. The number of carbonyl (C=O) groups excluding carboxylic acids is 7. The van der Waals surface area contributed by atoms with Gasteiger partial charge in [0.25, 0.3) is 0 Å². The second kappa shape index (κ2) is 20.8. The number of amides is 4. The van der Waals surface area contributed by atoms with E-state index in [0.29, 0.717) is 4.90 Å². The fraction of sp³-hybridized carbons (Fsp3) is 0.720. The van der Waals surface area contributed by atoms with E-state index in [1.807, 2.05) is 0 Å². The highest BCUT2D eigenvalue weighted by atomic mass is 16.6. The molecule has 18 heteroatoms. The Balaban J connectivity index is 6.05. The number of hydrogen-bond donors (Lipinski definition) is 3. The number of rotatable bonds is 18. The first-order valence-electron chi connectivity index (χ1n) is 13.2. The van der Waals surface area contributed by atoms with Gasteiger partial charge in [-0.15, -0.1) is 0 Å². The number of aliphatic hydroxyl groups is 1. The molecule has 0 saturated carbocycles. The number of nitrogens with zero attached hydrogens (tertiary/aromatic N) is 2. The van der Waals surface area contributed by atoms with Crippen molar-refractivity contribution in [3.8, 4) is 0 Å². The molecule has 0 fully saturated rings. The van der Waals surface area contributed by atoms with Gasteiger partial charge in [-0.25, -0.2) is 19.6 Å². The van der Waals surface area contributed by atoms with Crippen LogP contribution < -0.4 is 5.32 Å². The molecule has 0 saturated heterocycles. The first kappa shape index (κ1) is 39.0. The third kappa shape index (κ3) is 18.2. The summed E-state index contributed by atoms with van der Waals surface area (Å²) in [5.41, 5.74) is 0. The molecule has 43 heavy (non-hydrogen) atoms. The number of imide groups is 1. The Morgan fingerprint density at radius 3 is 1.72 bits per heavy atom. The van der Waals surface area contributed by atoms with Gasteiger partial charge in [0, 0.05) is 34.1 Å². The summed E-state index contributed by atoms with van der Waals surface area (Å²) in [4.78, 5) is 84.0. The number of urea groups is 2. The van der Waals surface area contributed by atoms with E-state index in [1.165, 1.54) is 6.92 Å². The SMILES string of the molecule is CCC(=O)OCC(CN(O)C(=O)N(CC(COC(C)=O)OC(C)=O)C(=O)NCC(COC(C)=O)OC(C)=O)OC(O)CC. The number of esters is 5. The summed E-state index contributed by atoms with van der Waals surface area (Å²) >= 11 is 0. The Morgan fingerprint density at radius 1 is 0.721 bits per heavy atom. The Bertz CT molecular complexity index is 960. The van der Waals surface area contributed by atoms with Gasteiger partial charge in [0.2, 0.25) is 0 Å². The Morgan fingerprint density at radius 2 is 1.23 bits per heavy atom. The van der Waals surface area contributed by atoms with Crippen molar-refractivity contribution in [1.82, 2.24) is 15.3 Å². The molecular weight excluding hydrogens is 582 g/mol. The standard InChI is InChI=1S/C25H41N3O15/c1-7-22(33)40-14-21(43-23(34)8-2)11-28(37)25(36)27(10-20(42-18(6)32)13-39-16(4)30)24(35)26-9-19(41-17(5)31)12-38-15(3)29/h19-21,23,34,37H,7-14H2,1-6H3,(H,26,35). The molecule has 0 radical (unpaired) electrons. The second-order valence-electron chi connectivity index (χ2n) is 8.89. The van der Waals surface area contributed by atoms with Gasteiger partial charge in [0.1, 0.15) is 25.9 Å². The molecule has 4 amide bonds. The van der Waals surface area contributed by atoms with E-state index in [-0.39, 0.29) is 17.9 Å². The lowest BCUT2D eigenvalue weighted by Gasteiger charge is -2.30. The smallest absolute Gasteiger partial charge is 0.352 e. The van der Waals surface area contributed by atoms with E-state index in [4.69, 9.17) is 28.4 Å². The number of carbonyl (C=O) groups is 7. The second-order valence-corrected chi connectivity index (χ2v) is 8.89. The molecule has 3 N–H and O–H groups in total. The van der Waals surface area contributed by atoms with Gasteiger partial charge in [-0.1, -0.05) is 13.8 Å². The van der Waals surface area contributed by atoms with Crippen LogP contribution in [0.1, 0.15) is 54.4 Å². The molecule has 0 aromatic rings. The van der Waals surface area contributed by atoms with Crippen LogP contribution in [0, 0.1) is 0 Å². The van der Waals surface area contributed by atoms with Crippen LogP contribution in [0.4, 0.5) is 9.59 Å². The molecule has 4 atom stereocenters. The van der Waals surface area contributed by atoms with Gasteiger partial charge in [-0.05, 0) is 6.42 Å². The van der Waals surface area contributed by atoms with Gasteiger partial charge in [0.05, 0.1) is 19.6 Å². The van der Waals surface area contributed by atoms with E-state index >= 15 is 0 Å². The summed E-state index contributed by atoms with van der Waals surface area (Å²) in [6.45, 7) is 4.01. The number of ether oxygens (including phenoxy) is 6. The van der Waals surface area contributed by atoms with Gasteiger partial charge < -0.3 is 38.8 Å². The molecule has 0 aromatic heterocycles. The third-order valence-electron chi connectivity index (χ3n) is 4.97. The maximum Gasteiger partial charge on any atom is 0.352 e. The van der Waals surface area contributed by atoms with Gasteiger partial charge >= 0.3 is 41.9 Å². The predicted octanol–water partition coefficient (Wildman–Crippen LogP) is -0.134. The molecule has 0 aliphatic heterocycles. The molecule has 0 rings (SSSR count). The van der Waals surface area contributed by atoms with Crippen molar-refractivity contribution in [3.63, 3.8) is 0 Å². The Hall–Kier alpha value is -4.03. The van der Waals surface area contributed by atoms with E-state index in [2.05, 4.69) is 5.32 Å². The molecular formula is C25H41N3O15. The normalized spacial score (nSPS) is 13.3. The number of nitrogens with one attached hydrogen (secondary N) is 1. The Kier molecular flexibility index (Phi) is 18.8. The highest BCUT2D eigenvalue weighted by Crippen LogP contribution is 2.09. The first-order valence-corrected chi connectivity index (χ1v) is 13.2. The van der Waals surface area contributed by atoms with Crippen LogP contribution in [-0.2, 0) is 52.4 Å². The zero-order valence-corrected chi connectivity index (χ0v) is 25.1. The molecule has 0 bridgehead atoms. The fourth-order valence-electron chi connectivity index (χ4n) is 3.05. The van der Waals surface area contributed by atoms with Crippen LogP contribution in [0.15, 0.2) is 0 Å². The van der Waals surface area contributed by atoms with Crippen molar-refractivity contribution in [3.05, 3.63) is 0 Å². The van der Waals surface area contributed by atoms with Crippen molar-refractivity contribution < 1.29 is 72.3 Å². The zero-order valence-electron chi connectivity index (χ0n) is 25.1. The van der Waals surface area contributed by atoms with Crippen LogP contribution in [0.25, 0.3) is 0 Å². The molecule has 0 heterocycles. The van der Waals surface area contributed by atoms with Crippen molar-refractivity contribution in [1.29, 1.82) is 0 Å². The van der Waals surface area contributed by atoms with Gasteiger partial charge in [0.15, 0.2) is 18.5 Å². The van der Waals surface area contributed by atoms with E-state index in [1.54, 1.807) is 6.92 Å². The van der Waals surface area contributed by atoms with Gasteiger partial charge in [-0.3, -0.25) is 29.2 Å². The van der Waals surface area contributed by atoms with Crippen LogP contribution in [-0.4, -0.2) is 126 Å². The molecule has 0 aromatic carbocycles.